The molecule has 100 valence electrons. The van der Waals surface area contributed by atoms with Crippen molar-refractivity contribution >= 4 is 39.2 Å². The summed E-state index contributed by atoms with van der Waals surface area (Å²) >= 11 is 5.07. The lowest BCUT2D eigenvalue weighted by Gasteiger charge is -2.12. The Bertz CT molecular complexity index is 422. The Morgan fingerprint density at radius 3 is 2.72 bits per heavy atom. The van der Waals surface area contributed by atoms with Crippen LogP contribution in [0.3, 0.4) is 0 Å². The number of rotatable bonds is 5. The first-order chi connectivity index (χ1) is 8.52. The van der Waals surface area contributed by atoms with Crippen molar-refractivity contribution in [2.45, 2.75) is 19.4 Å². The molecular formula is C11H16BrN3O2S. The molecule has 0 aliphatic heterocycles. The number of imide groups is 1. The minimum absolute atomic E-state index is 0.332. The fraction of sp³-hybridized carbons (Fsp3) is 0.455. The van der Waals surface area contributed by atoms with E-state index in [1.54, 1.807) is 18.3 Å². The van der Waals surface area contributed by atoms with Crippen molar-refractivity contribution in [2.24, 2.45) is 0 Å². The monoisotopic (exact) mass is 333 g/mol. The molecular weight excluding hydrogens is 318 g/mol. The van der Waals surface area contributed by atoms with Crippen LogP contribution in [-0.2, 0) is 11.2 Å². The maximum absolute atomic E-state index is 11.5. The average Bonchev–Trinajstić information content (AvgIpc) is 2.74. The molecule has 7 heteroatoms. The maximum atomic E-state index is 11.5. The Morgan fingerprint density at radius 2 is 2.17 bits per heavy atom. The summed E-state index contributed by atoms with van der Waals surface area (Å²) in [6.45, 7) is 2.41. The summed E-state index contributed by atoms with van der Waals surface area (Å²) in [5.41, 5.74) is 0. The van der Waals surface area contributed by atoms with Crippen LogP contribution < -0.4 is 16.0 Å². The molecule has 1 unspecified atom stereocenters. The Hall–Kier alpha value is -0.920. The first-order valence-electron chi connectivity index (χ1n) is 5.53. The average molecular weight is 334 g/mol. The van der Waals surface area contributed by atoms with E-state index in [1.165, 1.54) is 11.9 Å². The van der Waals surface area contributed by atoms with Crippen LogP contribution in [0, 0.1) is 0 Å². The van der Waals surface area contributed by atoms with Crippen molar-refractivity contribution in [3.05, 3.63) is 20.8 Å². The molecule has 18 heavy (non-hydrogen) atoms. The molecule has 0 saturated heterocycles. The van der Waals surface area contributed by atoms with Gasteiger partial charge in [-0.25, -0.2) is 4.79 Å². The number of amides is 3. The number of halogens is 1. The van der Waals surface area contributed by atoms with Crippen LogP contribution in [-0.4, -0.2) is 31.6 Å². The molecule has 5 nitrogen and oxygen atoms in total. The van der Waals surface area contributed by atoms with Crippen LogP contribution in [0.2, 0.25) is 0 Å². The van der Waals surface area contributed by atoms with Gasteiger partial charge in [-0.15, -0.1) is 11.3 Å². The highest BCUT2D eigenvalue weighted by atomic mass is 79.9. The molecule has 1 aromatic rings. The van der Waals surface area contributed by atoms with Gasteiger partial charge in [-0.1, -0.05) is 0 Å². The Kier molecular flexibility index (Phi) is 6.31. The largest absolute Gasteiger partial charge is 0.341 e. The van der Waals surface area contributed by atoms with Crippen LogP contribution >= 0.6 is 27.3 Å². The predicted molar refractivity (Wildman–Crippen MR) is 75.8 cm³/mol. The minimum atomic E-state index is -0.490. The predicted octanol–water partition coefficient (Wildman–Crippen LogP) is 1.49. The molecule has 0 spiro atoms. The van der Waals surface area contributed by atoms with Gasteiger partial charge < -0.3 is 10.6 Å². The van der Waals surface area contributed by atoms with E-state index >= 15 is 0 Å². The summed E-state index contributed by atoms with van der Waals surface area (Å²) in [5.74, 6) is -0.332. The molecule has 0 bridgehead atoms. The Morgan fingerprint density at radius 1 is 1.44 bits per heavy atom. The standard InChI is InChI=1S/C11H16BrN3O2S/c1-7(10(16)15-11(17)13-2)14-6-5-8-3-4-9(12)18-8/h3-4,7,14H,5-6H2,1-2H3,(H2,13,15,16,17). The molecule has 1 heterocycles. The maximum Gasteiger partial charge on any atom is 0.321 e. The highest BCUT2D eigenvalue weighted by Crippen LogP contribution is 2.21. The number of hydrogen-bond donors (Lipinski definition) is 3. The number of hydrogen-bond acceptors (Lipinski definition) is 4. The van der Waals surface area contributed by atoms with Gasteiger partial charge in [0.2, 0.25) is 5.91 Å². The third-order valence-corrected chi connectivity index (χ3v) is 3.99. The minimum Gasteiger partial charge on any atom is -0.341 e. The SMILES string of the molecule is CNC(=O)NC(=O)C(C)NCCc1ccc(Br)s1. The summed E-state index contributed by atoms with van der Waals surface area (Å²) in [4.78, 5) is 23.7. The van der Waals surface area contributed by atoms with E-state index in [0.717, 1.165) is 10.2 Å². The summed E-state index contributed by atoms with van der Waals surface area (Å²) in [6.07, 6.45) is 0.855. The molecule has 0 fully saturated rings. The summed E-state index contributed by atoms with van der Waals surface area (Å²) in [7, 11) is 1.47. The van der Waals surface area contributed by atoms with Gasteiger partial charge in [0, 0.05) is 18.5 Å². The van der Waals surface area contributed by atoms with Gasteiger partial charge in [0.1, 0.15) is 0 Å². The molecule has 1 aromatic heterocycles. The van der Waals surface area contributed by atoms with Crippen LogP contribution in [0.1, 0.15) is 11.8 Å². The van der Waals surface area contributed by atoms with Crippen molar-refractivity contribution in [1.82, 2.24) is 16.0 Å². The lowest BCUT2D eigenvalue weighted by atomic mass is 10.3. The van der Waals surface area contributed by atoms with Crippen LogP contribution in [0.25, 0.3) is 0 Å². The van der Waals surface area contributed by atoms with Crippen molar-refractivity contribution in [3.8, 4) is 0 Å². The number of urea groups is 1. The molecule has 3 N–H and O–H groups in total. The summed E-state index contributed by atoms with van der Waals surface area (Å²) in [5, 5.41) is 7.63. The third-order valence-electron chi connectivity index (χ3n) is 2.31. The van der Waals surface area contributed by atoms with Crippen molar-refractivity contribution in [1.29, 1.82) is 0 Å². The van der Waals surface area contributed by atoms with Gasteiger partial charge in [0.05, 0.1) is 9.83 Å². The van der Waals surface area contributed by atoms with E-state index < -0.39 is 12.1 Å². The molecule has 0 saturated carbocycles. The summed E-state index contributed by atoms with van der Waals surface area (Å²) < 4.78 is 1.10. The lowest BCUT2D eigenvalue weighted by molar-refractivity contribution is -0.121. The number of carbonyl (C=O) groups excluding carboxylic acids is 2. The Labute approximate surface area is 118 Å². The molecule has 3 amide bonds. The third kappa shape index (κ3) is 5.16. The molecule has 0 radical (unpaired) electrons. The first-order valence-corrected chi connectivity index (χ1v) is 7.14. The molecule has 0 aromatic carbocycles. The second-order valence-electron chi connectivity index (χ2n) is 3.70. The summed E-state index contributed by atoms with van der Waals surface area (Å²) in [6, 6.07) is 3.16. The molecule has 1 atom stereocenters. The Balaban J connectivity index is 2.26. The highest BCUT2D eigenvalue weighted by Gasteiger charge is 2.14. The van der Waals surface area contributed by atoms with E-state index in [-0.39, 0.29) is 5.91 Å². The topological polar surface area (TPSA) is 70.2 Å². The van der Waals surface area contributed by atoms with Crippen molar-refractivity contribution < 1.29 is 9.59 Å². The smallest absolute Gasteiger partial charge is 0.321 e. The van der Waals surface area contributed by atoms with E-state index in [0.29, 0.717) is 6.54 Å². The van der Waals surface area contributed by atoms with Gasteiger partial charge in [-0.2, -0.15) is 0 Å². The molecule has 0 aliphatic rings. The first kappa shape index (κ1) is 15.1. The van der Waals surface area contributed by atoms with Crippen molar-refractivity contribution in [2.75, 3.05) is 13.6 Å². The number of nitrogens with one attached hydrogen (secondary N) is 3. The van der Waals surface area contributed by atoms with E-state index in [4.69, 9.17) is 0 Å². The second-order valence-corrected chi connectivity index (χ2v) is 6.25. The number of carbonyl (C=O) groups is 2. The van der Waals surface area contributed by atoms with Gasteiger partial charge in [0.25, 0.3) is 0 Å². The van der Waals surface area contributed by atoms with Gasteiger partial charge >= 0.3 is 6.03 Å². The lowest BCUT2D eigenvalue weighted by Crippen LogP contribution is -2.47. The van der Waals surface area contributed by atoms with E-state index in [9.17, 15) is 9.59 Å². The fourth-order valence-corrected chi connectivity index (χ4v) is 2.76. The van der Waals surface area contributed by atoms with Gasteiger partial charge in [0.15, 0.2) is 0 Å². The van der Waals surface area contributed by atoms with Crippen LogP contribution in [0.4, 0.5) is 4.79 Å². The zero-order chi connectivity index (χ0) is 13.5. The number of thiophene rings is 1. The van der Waals surface area contributed by atoms with Crippen LogP contribution in [0.5, 0.6) is 0 Å². The van der Waals surface area contributed by atoms with Gasteiger partial charge in [-0.3, -0.25) is 10.1 Å². The van der Waals surface area contributed by atoms with E-state index in [1.807, 2.05) is 12.1 Å². The van der Waals surface area contributed by atoms with Crippen LogP contribution in [0.15, 0.2) is 15.9 Å². The zero-order valence-electron chi connectivity index (χ0n) is 10.2. The zero-order valence-corrected chi connectivity index (χ0v) is 12.7. The second kappa shape index (κ2) is 7.50. The fourth-order valence-electron chi connectivity index (χ4n) is 1.27. The quantitative estimate of drug-likeness (QED) is 0.764. The molecule has 0 aliphatic carbocycles. The normalized spacial score (nSPS) is 11.9. The van der Waals surface area contributed by atoms with Crippen molar-refractivity contribution in [3.63, 3.8) is 0 Å². The highest BCUT2D eigenvalue weighted by molar-refractivity contribution is 9.11. The van der Waals surface area contributed by atoms with E-state index in [2.05, 4.69) is 31.9 Å². The van der Waals surface area contributed by atoms with Gasteiger partial charge in [-0.05, 0) is 41.4 Å². The molecule has 1 rings (SSSR count).